The summed E-state index contributed by atoms with van der Waals surface area (Å²) in [6, 6.07) is 12.9. The summed E-state index contributed by atoms with van der Waals surface area (Å²) in [7, 11) is -1.93. The maximum atomic E-state index is 13.7. The molecule has 3 aromatic rings. The number of ether oxygens (including phenoxy) is 1. The smallest absolute Gasteiger partial charge is 0.268 e. The third kappa shape index (κ3) is 4.04. The second-order valence-corrected chi connectivity index (χ2v) is 11.3. The zero-order chi connectivity index (χ0) is 22.9. The zero-order valence-electron chi connectivity index (χ0n) is 17.9. The highest BCUT2D eigenvalue weighted by Crippen LogP contribution is 2.41. The van der Waals surface area contributed by atoms with E-state index in [2.05, 4.69) is 0 Å². The summed E-state index contributed by atoms with van der Waals surface area (Å²) >= 11 is 6.33. The van der Waals surface area contributed by atoms with Crippen molar-refractivity contribution in [3.8, 4) is 5.75 Å². The van der Waals surface area contributed by atoms with Gasteiger partial charge in [-0.3, -0.25) is 0 Å². The number of methoxy groups -OCH3 is 1. The van der Waals surface area contributed by atoms with Crippen molar-refractivity contribution in [1.82, 2.24) is 3.97 Å². The van der Waals surface area contributed by atoms with Gasteiger partial charge in [0.1, 0.15) is 5.75 Å². The van der Waals surface area contributed by atoms with Gasteiger partial charge in [-0.25, -0.2) is 12.4 Å². The Morgan fingerprint density at radius 2 is 1.91 bits per heavy atom. The molecule has 1 aliphatic carbocycles. The van der Waals surface area contributed by atoms with Gasteiger partial charge < -0.3 is 9.26 Å². The number of benzene rings is 2. The quantitative estimate of drug-likeness (QED) is 0.449. The molecule has 1 atom stereocenters. The van der Waals surface area contributed by atoms with Crippen LogP contribution in [-0.4, -0.2) is 26.6 Å². The van der Waals surface area contributed by atoms with Gasteiger partial charge in [0.15, 0.2) is 0 Å². The minimum Gasteiger partial charge on any atom is -0.497 e. The third-order valence-corrected chi connectivity index (χ3v) is 9.38. The Hall–Kier alpha value is -2.37. The molecule has 2 aromatic carbocycles. The van der Waals surface area contributed by atoms with Gasteiger partial charge in [-0.05, 0) is 55.8 Å². The Labute approximate surface area is 194 Å². The molecule has 5 nitrogen and oxygen atoms in total. The maximum Gasteiger partial charge on any atom is 0.268 e. The van der Waals surface area contributed by atoms with Crippen LogP contribution in [0.3, 0.4) is 0 Å². The summed E-state index contributed by atoms with van der Waals surface area (Å²) < 4.78 is 40.2. The summed E-state index contributed by atoms with van der Waals surface area (Å²) in [5.74, 6) is 0.708. The van der Waals surface area contributed by atoms with E-state index in [4.69, 9.17) is 20.9 Å². The van der Waals surface area contributed by atoms with E-state index in [1.807, 2.05) is 43.3 Å². The van der Waals surface area contributed by atoms with E-state index in [-0.39, 0.29) is 4.91 Å². The van der Waals surface area contributed by atoms with Crippen molar-refractivity contribution < 1.29 is 17.7 Å². The fourth-order valence-corrected chi connectivity index (χ4v) is 7.56. The molecule has 166 valence electrons. The van der Waals surface area contributed by atoms with Crippen LogP contribution >= 0.6 is 19.7 Å². The number of fused-ring (bicyclic) bond motifs is 1. The number of rotatable bonds is 6. The molecule has 0 bridgehead atoms. The van der Waals surface area contributed by atoms with Gasteiger partial charge in [0, 0.05) is 33.8 Å². The lowest BCUT2D eigenvalue weighted by Gasteiger charge is -2.18. The van der Waals surface area contributed by atoms with E-state index < -0.39 is 18.2 Å². The Morgan fingerprint density at radius 1 is 1.09 bits per heavy atom. The highest BCUT2D eigenvalue weighted by Gasteiger charge is 2.30. The molecule has 1 aliphatic rings. The van der Waals surface area contributed by atoms with E-state index in [0.717, 1.165) is 16.0 Å². The summed E-state index contributed by atoms with van der Waals surface area (Å²) in [6.45, 7) is 1.81. The normalized spacial score (nSPS) is 14.9. The Balaban J connectivity index is 2.01. The third-order valence-electron chi connectivity index (χ3n) is 5.24. The van der Waals surface area contributed by atoms with Gasteiger partial charge >= 0.3 is 0 Å². The second-order valence-electron chi connectivity index (χ2n) is 7.18. The van der Waals surface area contributed by atoms with E-state index in [1.165, 1.54) is 3.97 Å². The molecule has 1 heterocycles. The van der Waals surface area contributed by atoms with Crippen LogP contribution in [0.5, 0.6) is 5.75 Å². The maximum absolute atomic E-state index is 13.7. The van der Waals surface area contributed by atoms with Gasteiger partial charge in [-0.1, -0.05) is 42.0 Å². The van der Waals surface area contributed by atoms with E-state index >= 15 is 0 Å². The average Bonchev–Trinajstić information content (AvgIpc) is 2.94. The molecule has 32 heavy (non-hydrogen) atoms. The molecule has 0 N–H and O–H groups in total. The molecule has 0 saturated carbocycles. The molecule has 8 heteroatoms. The van der Waals surface area contributed by atoms with Gasteiger partial charge in [0.05, 0.1) is 25.7 Å². The first-order valence-electron chi connectivity index (χ1n) is 9.96. The molecule has 0 aliphatic heterocycles. The minimum absolute atomic E-state index is 0.232. The minimum atomic E-state index is -3.84. The molecule has 0 radical (unpaired) electrons. The second kappa shape index (κ2) is 9.24. The highest BCUT2D eigenvalue weighted by molar-refractivity contribution is 7.94. The van der Waals surface area contributed by atoms with Crippen LogP contribution in [0.4, 0.5) is 0 Å². The lowest BCUT2D eigenvalue weighted by atomic mass is 10.2. The van der Waals surface area contributed by atoms with Gasteiger partial charge in [0.2, 0.25) is 0 Å². The number of aromatic nitrogens is 1. The van der Waals surface area contributed by atoms with Crippen molar-refractivity contribution in [2.75, 3.05) is 14.2 Å². The van der Waals surface area contributed by atoms with Crippen molar-refractivity contribution in [1.29, 1.82) is 0 Å². The fourth-order valence-electron chi connectivity index (χ4n) is 3.81. The lowest BCUT2D eigenvalue weighted by molar-refractivity contribution is 0.415. The summed E-state index contributed by atoms with van der Waals surface area (Å²) in [5, 5.41) is 3.01. The van der Waals surface area contributed by atoms with Crippen molar-refractivity contribution in [3.63, 3.8) is 0 Å². The molecule has 0 spiro atoms. The number of hydrogen-bond donors (Lipinski definition) is 0. The Kier molecular flexibility index (Phi) is 6.59. The Bertz CT molecular complexity index is 1370. The van der Waals surface area contributed by atoms with E-state index in [0.29, 0.717) is 28.4 Å². The highest BCUT2D eigenvalue weighted by atomic mass is 35.5. The number of halogens is 1. The summed E-state index contributed by atoms with van der Waals surface area (Å²) in [4.78, 5) is 0.232. The van der Waals surface area contributed by atoms with Crippen molar-refractivity contribution >= 4 is 51.3 Å². The first-order valence-corrected chi connectivity index (χ1v) is 13.0. The van der Waals surface area contributed by atoms with Crippen LogP contribution < -0.4 is 15.3 Å². The monoisotopic (exact) mass is 487 g/mol. The lowest BCUT2D eigenvalue weighted by Crippen LogP contribution is -2.20. The Morgan fingerprint density at radius 3 is 2.66 bits per heavy atom. The summed E-state index contributed by atoms with van der Waals surface area (Å²) in [6.07, 6.45) is 9.48. The van der Waals surface area contributed by atoms with Gasteiger partial charge in [0.25, 0.3) is 10.0 Å². The van der Waals surface area contributed by atoms with Crippen LogP contribution in [0, 0.1) is 6.92 Å². The number of hydrogen-bond acceptors (Lipinski definition) is 4. The van der Waals surface area contributed by atoms with Crippen LogP contribution in [0.2, 0.25) is 5.02 Å². The topological polar surface area (TPSA) is 57.5 Å². The first kappa shape index (κ1) is 22.8. The fraction of sp³-hybridized carbons (Fsp3) is 0.167. The van der Waals surface area contributed by atoms with Crippen LogP contribution in [0.25, 0.3) is 10.9 Å². The molecule has 1 aromatic heterocycles. The van der Waals surface area contributed by atoms with E-state index in [1.54, 1.807) is 50.6 Å². The molecular formula is C24H23ClNO4PS. The average molecular weight is 488 g/mol. The molecule has 0 saturated heterocycles. The molecule has 4 rings (SSSR count). The molecule has 0 fully saturated rings. The van der Waals surface area contributed by atoms with Crippen molar-refractivity contribution in [3.05, 3.63) is 88.5 Å². The first-order chi connectivity index (χ1) is 15.4. The zero-order valence-corrected chi connectivity index (χ0v) is 20.4. The molecular weight excluding hydrogens is 465 g/mol. The van der Waals surface area contributed by atoms with Crippen molar-refractivity contribution in [2.24, 2.45) is 0 Å². The SMILES string of the molecule is COc1cccc(P(OC)c2c(C)n(S(=O)(=O)C3=CC=CCC=C3)c3ccc(Cl)cc23)c1. The predicted octanol–water partition coefficient (Wildman–Crippen LogP) is 5.18. The van der Waals surface area contributed by atoms with Gasteiger partial charge in [-0.15, -0.1) is 0 Å². The van der Waals surface area contributed by atoms with Crippen LogP contribution in [-0.2, 0) is 14.5 Å². The number of allylic oxidation sites excluding steroid dienone is 5. The number of nitrogens with zero attached hydrogens (tertiary/aromatic N) is 1. The van der Waals surface area contributed by atoms with Crippen LogP contribution in [0.1, 0.15) is 12.1 Å². The standard InChI is InChI=1S/C24H23ClNO4PS/c1-17-24(31(30-3)20-10-8-9-19(16-20)29-2)22-15-18(25)13-14-23(22)26(17)32(27,28)21-11-6-4-5-7-12-21/h4,6-16H,5H2,1-3H3. The van der Waals surface area contributed by atoms with Gasteiger partial charge in [-0.2, -0.15) is 0 Å². The van der Waals surface area contributed by atoms with Crippen LogP contribution in [0.15, 0.2) is 77.7 Å². The van der Waals surface area contributed by atoms with E-state index in [9.17, 15) is 8.42 Å². The largest absolute Gasteiger partial charge is 0.497 e. The van der Waals surface area contributed by atoms with Crippen molar-refractivity contribution in [2.45, 2.75) is 13.3 Å². The molecule has 0 amide bonds. The predicted molar refractivity (Wildman–Crippen MR) is 133 cm³/mol. The molecule has 1 unspecified atom stereocenters. The summed E-state index contributed by atoms with van der Waals surface area (Å²) in [5.41, 5.74) is 1.16.